The molecule has 4 N–H and O–H groups in total. The maximum Gasteiger partial charge on any atom is 0.274 e. The van der Waals surface area contributed by atoms with Gasteiger partial charge in [0.2, 0.25) is 0 Å². The van der Waals surface area contributed by atoms with Crippen LogP contribution in [0.5, 0.6) is 0 Å². The number of amidine groups is 1. The molecule has 0 bridgehead atoms. The second kappa shape index (κ2) is 5.73. The molecule has 0 radical (unpaired) electrons. The van der Waals surface area contributed by atoms with Gasteiger partial charge in [-0.05, 0) is 12.8 Å². The molecule has 0 spiro atoms. The largest absolute Gasteiger partial charge is 0.409 e. The Morgan fingerprint density at radius 3 is 2.63 bits per heavy atom. The van der Waals surface area contributed by atoms with E-state index in [1.165, 1.54) is 12.3 Å². The fourth-order valence-electron chi connectivity index (χ4n) is 2.48. The second-order valence-corrected chi connectivity index (χ2v) is 4.82. The summed E-state index contributed by atoms with van der Waals surface area (Å²) in [7, 11) is 0. The van der Waals surface area contributed by atoms with E-state index in [0.29, 0.717) is 12.8 Å². The van der Waals surface area contributed by atoms with Crippen molar-refractivity contribution in [2.45, 2.75) is 44.1 Å². The first-order chi connectivity index (χ1) is 9.18. The number of amides is 1. The van der Waals surface area contributed by atoms with Crippen molar-refractivity contribution in [3.05, 3.63) is 18.0 Å². The standard InChI is InChI=1S/C12H18N4O3/c13-11(15-18)12(6-3-1-2-4-7-12)14-10(17)9-5-8-19-16-9/h5,8,18H,1-4,6-7H2,(H2,13,15)(H,14,17). The molecule has 19 heavy (non-hydrogen) atoms. The van der Waals surface area contributed by atoms with Gasteiger partial charge in [-0.2, -0.15) is 0 Å². The minimum Gasteiger partial charge on any atom is -0.409 e. The Kier molecular flexibility index (Phi) is 4.03. The van der Waals surface area contributed by atoms with Crippen LogP contribution in [-0.2, 0) is 0 Å². The molecule has 0 atom stereocenters. The summed E-state index contributed by atoms with van der Waals surface area (Å²) in [5.41, 5.74) is 5.19. The summed E-state index contributed by atoms with van der Waals surface area (Å²) >= 11 is 0. The summed E-state index contributed by atoms with van der Waals surface area (Å²) in [5, 5.41) is 18.5. The van der Waals surface area contributed by atoms with Gasteiger partial charge in [-0.1, -0.05) is 36.0 Å². The van der Waals surface area contributed by atoms with Crippen molar-refractivity contribution in [2.75, 3.05) is 0 Å². The van der Waals surface area contributed by atoms with E-state index in [0.717, 1.165) is 25.7 Å². The van der Waals surface area contributed by atoms with Crippen LogP contribution >= 0.6 is 0 Å². The smallest absolute Gasteiger partial charge is 0.274 e. The maximum absolute atomic E-state index is 12.1. The van der Waals surface area contributed by atoms with Crippen molar-refractivity contribution >= 4 is 11.7 Å². The molecule has 0 aromatic carbocycles. The number of nitrogens with one attached hydrogen (secondary N) is 1. The van der Waals surface area contributed by atoms with Crippen LogP contribution in [0.4, 0.5) is 0 Å². The molecule has 0 aliphatic heterocycles. The van der Waals surface area contributed by atoms with Gasteiger partial charge >= 0.3 is 0 Å². The first-order valence-corrected chi connectivity index (χ1v) is 6.39. The first kappa shape index (κ1) is 13.4. The Bertz CT molecular complexity index is 448. The Labute approximate surface area is 110 Å². The zero-order chi connectivity index (χ0) is 13.7. The highest BCUT2D eigenvalue weighted by molar-refractivity contribution is 5.99. The highest BCUT2D eigenvalue weighted by Gasteiger charge is 2.37. The van der Waals surface area contributed by atoms with Gasteiger partial charge in [0.25, 0.3) is 5.91 Å². The third kappa shape index (κ3) is 2.86. The van der Waals surface area contributed by atoms with Crippen LogP contribution in [0.2, 0.25) is 0 Å². The molecular formula is C12H18N4O3. The van der Waals surface area contributed by atoms with E-state index in [-0.39, 0.29) is 17.4 Å². The molecule has 1 aliphatic rings. The van der Waals surface area contributed by atoms with Crippen LogP contribution < -0.4 is 11.1 Å². The van der Waals surface area contributed by atoms with E-state index < -0.39 is 5.54 Å². The molecule has 7 heteroatoms. The maximum atomic E-state index is 12.1. The lowest BCUT2D eigenvalue weighted by Crippen LogP contribution is -2.57. The Hall–Kier alpha value is -2.05. The van der Waals surface area contributed by atoms with Gasteiger partial charge in [-0.3, -0.25) is 4.79 Å². The first-order valence-electron chi connectivity index (χ1n) is 6.39. The SMILES string of the molecule is NC(=NO)C1(NC(=O)c2ccon2)CCCCCC1. The van der Waals surface area contributed by atoms with Crippen LogP contribution in [0, 0.1) is 0 Å². The summed E-state index contributed by atoms with van der Waals surface area (Å²) in [6.07, 6.45) is 6.67. The van der Waals surface area contributed by atoms with Gasteiger partial charge in [0.05, 0.1) is 0 Å². The van der Waals surface area contributed by atoms with E-state index >= 15 is 0 Å². The zero-order valence-corrected chi connectivity index (χ0v) is 10.6. The molecular weight excluding hydrogens is 248 g/mol. The monoisotopic (exact) mass is 266 g/mol. The van der Waals surface area contributed by atoms with E-state index in [2.05, 4.69) is 20.2 Å². The molecule has 0 saturated heterocycles. The van der Waals surface area contributed by atoms with Gasteiger partial charge < -0.3 is 20.8 Å². The van der Waals surface area contributed by atoms with Crippen molar-refractivity contribution in [3.63, 3.8) is 0 Å². The fraction of sp³-hybridized carbons (Fsp3) is 0.583. The summed E-state index contributed by atoms with van der Waals surface area (Å²) in [6, 6.07) is 1.48. The Morgan fingerprint density at radius 1 is 1.42 bits per heavy atom. The molecule has 1 amide bonds. The average molecular weight is 266 g/mol. The number of rotatable bonds is 3. The van der Waals surface area contributed by atoms with Gasteiger partial charge in [0, 0.05) is 6.07 Å². The number of hydrogen-bond donors (Lipinski definition) is 3. The molecule has 104 valence electrons. The second-order valence-electron chi connectivity index (χ2n) is 4.82. The lowest BCUT2D eigenvalue weighted by Gasteiger charge is -2.32. The van der Waals surface area contributed by atoms with Crippen LogP contribution in [-0.4, -0.2) is 27.6 Å². The Balaban J connectivity index is 2.20. The van der Waals surface area contributed by atoms with E-state index in [1.807, 2.05) is 0 Å². The van der Waals surface area contributed by atoms with Gasteiger partial charge in [0.1, 0.15) is 11.8 Å². The highest BCUT2D eigenvalue weighted by Crippen LogP contribution is 2.27. The lowest BCUT2D eigenvalue weighted by molar-refractivity contribution is 0.0906. The number of carbonyl (C=O) groups is 1. The Morgan fingerprint density at radius 2 is 2.11 bits per heavy atom. The molecule has 1 aliphatic carbocycles. The molecule has 1 heterocycles. The molecule has 1 fully saturated rings. The minimum absolute atomic E-state index is 0.0474. The molecule has 7 nitrogen and oxygen atoms in total. The zero-order valence-electron chi connectivity index (χ0n) is 10.6. The van der Waals surface area contributed by atoms with E-state index in [4.69, 9.17) is 10.9 Å². The van der Waals surface area contributed by atoms with Gasteiger partial charge in [0.15, 0.2) is 11.5 Å². The summed E-state index contributed by atoms with van der Waals surface area (Å²) in [4.78, 5) is 12.1. The number of carbonyl (C=O) groups excluding carboxylic acids is 1. The molecule has 2 rings (SSSR count). The van der Waals surface area contributed by atoms with Crippen LogP contribution in [0.15, 0.2) is 22.0 Å². The molecule has 0 unspecified atom stereocenters. The van der Waals surface area contributed by atoms with Crippen molar-refractivity contribution in [1.29, 1.82) is 0 Å². The quantitative estimate of drug-likeness (QED) is 0.250. The van der Waals surface area contributed by atoms with E-state index in [1.54, 1.807) is 0 Å². The molecule has 1 aromatic heterocycles. The predicted octanol–water partition coefficient (Wildman–Crippen LogP) is 1.24. The highest BCUT2D eigenvalue weighted by atomic mass is 16.5. The lowest BCUT2D eigenvalue weighted by atomic mass is 9.88. The number of hydrogen-bond acceptors (Lipinski definition) is 5. The topological polar surface area (TPSA) is 114 Å². The number of aromatic nitrogens is 1. The third-order valence-corrected chi connectivity index (χ3v) is 3.58. The van der Waals surface area contributed by atoms with Crippen molar-refractivity contribution in [2.24, 2.45) is 10.9 Å². The normalized spacial score (nSPS) is 19.7. The van der Waals surface area contributed by atoms with Crippen LogP contribution in [0.25, 0.3) is 0 Å². The summed E-state index contributed by atoms with van der Waals surface area (Å²) < 4.78 is 4.65. The van der Waals surface area contributed by atoms with Crippen LogP contribution in [0.3, 0.4) is 0 Å². The summed E-state index contributed by atoms with van der Waals surface area (Å²) in [5.74, 6) is -0.325. The van der Waals surface area contributed by atoms with Crippen molar-refractivity contribution < 1.29 is 14.5 Å². The number of oxime groups is 1. The third-order valence-electron chi connectivity index (χ3n) is 3.58. The minimum atomic E-state index is -0.790. The van der Waals surface area contributed by atoms with Crippen molar-refractivity contribution in [3.8, 4) is 0 Å². The molecule has 1 aromatic rings. The number of nitrogens with two attached hydrogens (primary N) is 1. The predicted molar refractivity (Wildman–Crippen MR) is 67.8 cm³/mol. The van der Waals surface area contributed by atoms with Gasteiger partial charge in [-0.15, -0.1) is 0 Å². The fourth-order valence-corrected chi connectivity index (χ4v) is 2.48. The van der Waals surface area contributed by atoms with Gasteiger partial charge in [-0.25, -0.2) is 0 Å². The van der Waals surface area contributed by atoms with E-state index in [9.17, 15) is 4.79 Å². The summed E-state index contributed by atoms with van der Waals surface area (Å²) in [6.45, 7) is 0. The van der Waals surface area contributed by atoms with Crippen molar-refractivity contribution in [1.82, 2.24) is 10.5 Å². The van der Waals surface area contributed by atoms with Crippen LogP contribution in [0.1, 0.15) is 49.0 Å². The average Bonchev–Trinajstić information content (AvgIpc) is 2.86. The number of nitrogens with zero attached hydrogens (tertiary/aromatic N) is 2. The molecule has 1 saturated carbocycles.